The van der Waals surface area contributed by atoms with Gasteiger partial charge in [0.05, 0.1) is 6.04 Å². The molecule has 1 saturated heterocycles. The second kappa shape index (κ2) is 6.21. The van der Waals surface area contributed by atoms with Crippen LogP contribution in [-0.2, 0) is 4.79 Å². The molecular weight excluding hydrogens is 204 g/mol. The highest BCUT2D eigenvalue weighted by molar-refractivity contribution is 5.82. The Balaban J connectivity index is 2.69. The van der Waals surface area contributed by atoms with Gasteiger partial charge in [0.25, 0.3) is 0 Å². The number of likely N-dealkylation sites (N-methyl/N-ethyl adjacent to an activating group) is 1. The molecule has 4 heteroatoms. The number of hydrogen-bond donors (Lipinski definition) is 1. The molecule has 0 aliphatic carbocycles. The Morgan fingerprint density at radius 1 is 1.44 bits per heavy atom. The summed E-state index contributed by atoms with van der Waals surface area (Å²) in [5.74, 6) is 0.685. The Labute approximate surface area is 98.2 Å². The lowest BCUT2D eigenvalue weighted by molar-refractivity contribution is -0.136. The van der Waals surface area contributed by atoms with Crippen molar-refractivity contribution in [1.82, 2.24) is 9.80 Å². The van der Waals surface area contributed by atoms with Crippen LogP contribution in [0, 0.1) is 5.92 Å². The van der Waals surface area contributed by atoms with Crippen molar-refractivity contribution in [3.05, 3.63) is 0 Å². The Hall–Kier alpha value is -0.610. The summed E-state index contributed by atoms with van der Waals surface area (Å²) in [5, 5.41) is 9.02. The van der Waals surface area contributed by atoms with Crippen LogP contribution in [0.15, 0.2) is 0 Å². The summed E-state index contributed by atoms with van der Waals surface area (Å²) >= 11 is 0. The van der Waals surface area contributed by atoms with E-state index in [0.29, 0.717) is 12.3 Å². The maximum Gasteiger partial charge on any atom is 0.240 e. The summed E-state index contributed by atoms with van der Waals surface area (Å²) in [7, 11) is 1.97. The maximum atomic E-state index is 12.3. The van der Waals surface area contributed by atoms with Gasteiger partial charge in [-0.15, -0.1) is 0 Å². The molecule has 0 bridgehead atoms. The van der Waals surface area contributed by atoms with E-state index in [1.165, 1.54) is 0 Å². The minimum absolute atomic E-state index is 0.0796. The molecule has 1 amide bonds. The molecule has 0 aromatic rings. The first-order valence-electron chi connectivity index (χ1n) is 6.16. The normalized spacial score (nSPS) is 23.9. The van der Waals surface area contributed by atoms with Gasteiger partial charge in [-0.05, 0) is 25.8 Å². The predicted octanol–water partition coefficient (Wildman–Crippen LogP) is 0.558. The average molecular weight is 228 g/mol. The molecule has 4 nitrogen and oxygen atoms in total. The van der Waals surface area contributed by atoms with Crippen LogP contribution in [0.2, 0.25) is 0 Å². The standard InChI is InChI=1S/C12H24N2O2/c1-10(2)9-14-7-4-6-13(3)11(5-8-15)12(14)16/h10-11,15H,4-9H2,1-3H3. The summed E-state index contributed by atoms with van der Waals surface area (Å²) in [6.45, 7) is 6.95. The van der Waals surface area contributed by atoms with Crippen LogP contribution >= 0.6 is 0 Å². The minimum Gasteiger partial charge on any atom is -0.396 e. The van der Waals surface area contributed by atoms with Gasteiger partial charge >= 0.3 is 0 Å². The topological polar surface area (TPSA) is 43.8 Å². The Morgan fingerprint density at radius 3 is 2.69 bits per heavy atom. The van der Waals surface area contributed by atoms with Gasteiger partial charge in [0, 0.05) is 26.2 Å². The fraction of sp³-hybridized carbons (Fsp3) is 0.917. The second-order valence-electron chi connectivity index (χ2n) is 5.04. The van der Waals surface area contributed by atoms with Gasteiger partial charge in [-0.3, -0.25) is 9.69 Å². The number of rotatable bonds is 4. The molecule has 0 spiro atoms. The minimum atomic E-state index is -0.133. The van der Waals surface area contributed by atoms with Crippen molar-refractivity contribution in [2.24, 2.45) is 5.92 Å². The molecule has 0 radical (unpaired) electrons. The van der Waals surface area contributed by atoms with E-state index in [-0.39, 0.29) is 18.6 Å². The molecule has 1 aliphatic heterocycles. The first-order valence-corrected chi connectivity index (χ1v) is 6.16. The first kappa shape index (κ1) is 13.5. The summed E-state index contributed by atoms with van der Waals surface area (Å²) in [5.41, 5.74) is 0. The zero-order valence-electron chi connectivity index (χ0n) is 10.6. The van der Waals surface area contributed by atoms with Crippen molar-refractivity contribution >= 4 is 5.91 Å². The third-order valence-corrected chi connectivity index (χ3v) is 3.06. The van der Waals surface area contributed by atoms with Crippen molar-refractivity contribution < 1.29 is 9.90 Å². The molecule has 94 valence electrons. The van der Waals surface area contributed by atoms with Crippen LogP contribution in [0.4, 0.5) is 0 Å². The number of hydrogen-bond acceptors (Lipinski definition) is 3. The van der Waals surface area contributed by atoms with Gasteiger partial charge < -0.3 is 10.0 Å². The van der Waals surface area contributed by atoms with E-state index in [4.69, 9.17) is 5.11 Å². The molecule has 16 heavy (non-hydrogen) atoms. The van der Waals surface area contributed by atoms with Crippen LogP contribution in [0.1, 0.15) is 26.7 Å². The zero-order chi connectivity index (χ0) is 12.1. The average Bonchev–Trinajstić information content (AvgIpc) is 2.32. The van der Waals surface area contributed by atoms with Gasteiger partial charge in [-0.1, -0.05) is 13.8 Å². The van der Waals surface area contributed by atoms with Gasteiger partial charge in [0.15, 0.2) is 0 Å². The largest absolute Gasteiger partial charge is 0.396 e. The summed E-state index contributed by atoms with van der Waals surface area (Å²) in [6.07, 6.45) is 1.57. The fourth-order valence-electron chi connectivity index (χ4n) is 2.26. The SMILES string of the molecule is CC(C)CN1CCCN(C)C(CCO)C1=O. The predicted molar refractivity (Wildman–Crippen MR) is 64.2 cm³/mol. The van der Waals surface area contributed by atoms with Crippen LogP contribution in [0.25, 0.3) is 0 Å². The molecule has 0 saturated carbocycles. The van der Waals surface area contributed by atoms with Gasteiger partial charge in [-0.2, -0.15) is 0 Å². The number of amides is 1. The van der Waals surface area contributed by atoms with E-state index in [2.05, 4.69) is 18.7 Å². The fourth-order valence-corrected chi connectivity index (χ4v) is 2.26. The Bertz CT molecular complexity index is 231. The quantitative estimate of drug-likeness (QED) is 0.764. The number of aliphatic hydroxyl groups excluding tert-OH is 1. The highest BCUT2D eigenvalue weighted by Crippen LogP contribution is 2.14. The number of carbonyl (C=O) groups excluding carboxylic acids is 1. The van der Waals surface area contributed by atoms with Crippen LogP contribution in [0.3, 0.4) is 0 Å². The van der Waals surface area contributed by atoms with Gasteiger partial charge in [0.2, 0.25) is 5.91 Å². The molecule has 1 unspecified atom stereocenters. The lowest BCUT2D eigenvalue weighted by Crippen LogP contribution is -2.45. The van der Waals surface area contributed by atoms with Crippen LogP contribution < -0.4 is 0 Å². The number of carbonyl (C=O) groups is 1. The molecule has 0 aromatic carbocycles. The summed E-state index contributed by atoms with van der Waals surface area (Å²) < 4.78 is 0. The van der Waals surface area contributed by atoms with E-state index < -0.39 is 0 Å². The van der Waals surface area contributed by atoms with E-state index in [0.717, 1.165) is 26.1 Å². The van der Waals surface area contributed by atoms with Crippen molar-refractivity contribution in [2.45, 2.75) is 32.7 Å². The third kappa shape index (κ3) is 3.46. The number of nitrogens with zero attached hydrogens (tertiary/aromatic N) is 2. The molecule has 1 atom stereocenters. The molecule has 1 N–H and O–H groups in total. The lowest BCUT2D eigenvalue weighted by Gasteiger charge is -2.28. The zero-order valence-corrected chi connectivity index (χ0v) is 10.6. The highest BCUT2D eigenvalue weighted by Gasteiger charge is 2.30. The third-order valence-electron chi connectivity index (χ3n) is 3.06. The van der Waals surface area contributed by atoms with Crippen molar-refractivity contribution in [1.29, 1.82) is 0 Å². The van der Waals surface area contributed by atoms with Gasteiger partial charge in [0.1, 0.15) is 0 Å². The Morgan fingerprint density at radius 2 is 2.12 bits per heavy atom. The van der Waals surface area contributed by atoms with E-state index in [9.17, 15) is 4.79 Å². The van der Waals surface area contributed by atoms with E-state index in [1.807, 2.05) is 11.9 Å². The van der Waals surface area contributed by atoms with Crippen molar-refractivity contribution in [2.75, 3.05) is 33.3 Å². The van der Waals surface area contributed by atoms with Crippen LogP contribution in [-0.4, -0.2) is 60.1 Å². The van der Waals surface area contributed by atoms with E-state index in [1.54, 1.807) is 0 Å². The second-order valence-corrected chi connectivity index (χ2v) is 5.04. The summed E-state index contributed by atoms with van der Waals surface area (Å²) in [6, 6.07) is -0.133. The molecule has 1 aliphatic rings. The first-order chi connectivity index (χ1) is 7.56. The maximum absolute atomic E-state index is 12.3. The molecule has 1 heterocycles. The monoisotopic (exact) mass is 228 g/mol. The summed E-state index contributed by atoms with van der Waals surface area (Å²) in [4.78, 5) is 16.3. The van der Waals surface area contributed by atoms with Crippen LogP contribution in [0.5, 0.6) is 0 Å². The molecule has 1 rings (SSSR count). The molecule has 0 aromatic heterocycles. The van der Waals surface area contributed by atoms with Crippen molar-refractivity contribution in [3.8, 4) is 0 Å². The van der Waals surface area contributed by atoms with E-state index >= 15 is 0 Å². The lowest BCUT2D eigenvalue weighted by atomic mass is 10.1. The Kier molecular flexibility index (Phi) is 5.22. The molecule has 1 fully saturated rings. The molecular formula is C12H24N2O2. The van der Waals surface area contributed by atoms with Gasteiger partial charge in [-0.25, -0.2) is 0 Å². The number of aliphatic hydroxyl groups is 1. The van der Waals surface area contributed by atoms with Crippen molar-refractivity contribution in [3.63, 3.8) is 0 Å². The smallest absolute Gasteiger partial charge is 0.240 e. The highest BCUT2D eigenvalue weighted by atomic mass is 16.3.